The molecule has 200 valence electrons. The molecule has 3 saturated heterocycles. The van der Waals surface area contributed by atoms with Crippen molar-refractivity contribution < 1.29 is 69.6 Å². The lowest BCUT2D eigenvalue weighted by atomic mass is 9.94. The average Bonchev–Trinajstić information content (AvgIpc) is 2.82. The van der Waals surface area contributed by atoms with Crippen LogP contribution in [-0.2, 0) is 23.7 Å². The Morgan fingerprint density at radius 2 is 1.18 bits per heavy atom. The van der Waals surface area contributed by atoms with E-state index in [1.54, 1.807) is 0 Å². The zero-order chi connectivity index (χ0) is 25.3. The number of likely N-dealkylation sites (N-methyl/N-ethyl adjacent to an activating group) is 1. The molecule has 0 aliphatic carbocycles. The van der Waals surface area contributed by atoms with Gasteiger partial charge in [-0.25, -0.2) is 0 Å². The Morgan fingerprint density at radius 3 is 1.74 bits per heavy atom. The fourth-order valence-electron chi connectivity index (χ4n) is 4.32. The molecular weight excluding hydrogens is 466 g/mol. The Morgan fingerprint density at radius 1 is 0.647 bits per heavy atom. The van der Waals surface area contributed by atoms with E-state index in [9.17, 15) is 46.0 Å². The summed E-state index contributed by atoms with van der Waals surface area (Å²) in [6.07, 6.45) is -20.5. The molecule has 0 amide bonds. The molecule has 0 aromatic rings. The van der Waals surface area contributed by atoms with Crippen molar-refractivity contribution in [3.05, 3.63) is 0 Å². The third-order valence-corrected chi connectivity index (χ3v) is 6.42. The maximum Gasteiger partial charge on any atom is 0.187 e. The third kappa shape index (κ3) is 5.39. The first-order chi connectivity index (χ1) is 16.0. The van der Waals surface area contributed by atoms with Gasteiger partial charge in [0.05, 0.1) is 25.4 Å². The maximum absolute atomic E-state index is 10.4. The van der Waals surface area contributed by atoms with Crippen LogP contribution in [0.4, 0.5) is 0 Å². The molecule has 0 radical (unpaired) electrons. The molecule has 9 unspecified atom stereocenters. The van der Waals surface area contributed by atoms with E-state index in [0.29, 0.717) is 0 Å². The third-order valence-electron chi connectivity index (χ3n) is 6.42. The van der Waals surface area contributed by atoms with Crippen LogP contribution < -0.4 is 5.32 Å². The number of hydrogen-bond donors (Lipinski definition) is 10. The van der Waals surface area contributed by atoms with Crippen LogP contribution in [0, 0.1) is 0 Å². The molecule has 34 heavy (non-hydrogen) atoms. The van der Waals surface area contributed by atoms with E-state index in [1.165, 1.54) is 14.0 Å². The Hall–Kier alpha value is -0.600. The zero-order valence-electron chi connectivity index (χ0n) is 18.6. The summed E-state index contributed by atoms with van der Waals surface area (Å²) in [5, 5.41) is 93.2. The van der Waals surface area contributed by atoms with Crippen molar-refractivity contribution in [3.63, 3.8) is 0 Å². The smallest absolute Gasteiger partial charge is 0.187 e. The predicted molar refractivity (Wildman–Crippen MR) is 107 cm³/mol. The fourth-order valence-corrected chi connectivity index (χ4v) is 4.32. The van der Waals surface area contributed by atoms with Crippen LogP contribution in [0.1, 0.15) is 6.92 Å². The highest BCUT2D eigenvalue weighted by atomic mass is 16.7. The number of hydrogen-bond acceptors (Lipinski definition) is 15. The van der Waals surface area contributed by atoms with Crippen LogP contribution in [0.5, 0.6) is 0 Å². The lowest BCUT2D eigenvalue weighted by Gasteiger charge is -2.49. The van der Waals surface area contributed by atoms with Crippen molar-refractivity contribution in [2.24, 2.45) is 0 Å². The van der Waals surface area contributed by atoms with Gasteiger partial charge in [0.2, 0.25) is 0 Å². The predicted octanol–water partition coefficient (Wildman–Crippen LogP) is -6.32. The van der Waals surface area contributed by atoms with Crippen LogP contribution >= 0.6 is 0 Å². The summed E-state index contributed by atoms with van der Waals surface area (Å²) >= 11 is 0. The Bertz CT molecular complexity index is 644. The van der Waals surface area contributed by atoms with Crippen LogP contribution in [0.25, 0.3) is 0 Å². The van der Waals surface area contributed by atoms with Crippen molar-refractivity contribution in [1.82, 2.24) is 5.32 Å². The molecule has 10 N–H and O–H groups in total. The first kappa shape index (κ1) is 28.0. The van der Waals surface area contributed by atoms with Gasteiger partial charge in [-0.1, -0.05) is 0 Å². The number of rotatable bonds is 7. The molecule has 15 nitrogen and oxygen atoms in total. The van der Waals surface area contributed by atoms with Gasteiger partial charge < -0.3 is 75.0 Å². The van der Waals surface area contributed by atoms with Gasteiger partial charge in [0.1, 0.15) is 61.0 Å². The minimum atomic E-state index is -1.77. The minimum Gasteiger partial charge on any atom is -0.394 e. The number of nitrogens with one attached hydrogen (secondary N) is 1. The molecule has 3 aliphatic heterocycles. The van der Waals surface area contributed by atoms with Crippen LogP contribution in [0.3, 0.4) is 0 Å². The van der Waals surface area contributed by atoms with Gasteiger partial charge in [0.25, 0.3) is 0 Å². The average molecular weight is 501 g/mol. The highest BCUT2D eigenvalue weighted by Gasteiger charge is 2.53. The second-order valence-corrected chi connectivity index (χ2v) is 8.64. The highest BCUT2D eigenvalue weighted by Crippen LogP contribution is 2.32. The van der Waals surface area contributed by atoms with Gasteiger partial charge in [-0.3, -0.25) is 0 Å². The van der Waals surface area contributed by atoms with E-state index in [4.69, 9.17) is 23.7 Å². The van der Waals surface area contributed by atoms with E-state index in [0.717, 1.165) is 0 Å². The van der Waals surface area contributed by atoms with Gasteiger partial charge in [-0.05, 0) is 14.0 Å². The Labute approximate surface area is 195 Å². The molecule has 3 rings (SSSR count). The summed E-state index contributed by atoms with van der Waals surface area (Å²) in [6.45, 7) is 0.0532. The zero-order valence-corrected chi connectivity index (χ0v) is 18.6. The fraction of sp³-hybridized carbons (Fsp3) is 1.00. The molecular formula is C19H35NO14. The minimum absolute atomic E-state index is 0.693. The van der Waals surface area contributed by atoms with Crippen LogP contribution in [0.2, 0.25) is 0 Å². The second kappa shape index (κ2) is 11.6. The van der Waals surface area contributed by atoms with Gasteiger partial charge >= 0.3 is 0 Å². The van der Waals surface area contributed by atoms with Gasteiger partial charge in [-0.2, -0.15) is 0 Å². The Balaban J connectivity index is 1.87. The molecule has 0 aromatic heterocycles. The molecule has 15 heteroatoms. The van der Waals surface area contributed by atoms with E-state index in [1.807, 2.05) is 0 Å². The number of ether oxygens (including phenoxy) is 5. The first-order valence-corrected chi connectivity index (χ1v) is 11.0. The standard InChI is InChI=1S/C19H35NO14/c1-5-9(23)11(25)13(27)18(30-5)34-16-8(20-2)17(29)31-7(4-22)15(16)33-19-14(28)12(26)10(24)6(3-21)32-19/h5-29H,3-4H2,1-2H3/t5?,6?,7?,8?,9-,10+,11?,12?,13?,14?,15-,16?,17-,18+,19+/m1/s1. The van der Waals surface area contributed by atoms with Crippen LogP contribution in [-0.4, -0.2) is 158 Å². The molecule has 3 fully saturated rings. The summed E-state index contributed by atoms with van der Waals surface area (Å²) < 4.78 is 27.8. The van der Waals surface area contributed by atoms with E-state index in [2.05, 4.69) is 5.32 Å². The molecule has 0 aromatic carbocycles. The van der Waals surface area contributed by atoms with Crippen molar-refractivity contribution in [2.45, 2.75) is 99.0 Å². The van der Waals surface area contributed by atoms with Gasteiger partial charge in [0, 0.05) is 0 Å². The van der Waals surface area contributed by atoms with Crippen molar-refractivity contribution in [3.8, 4) is 0 Å². The molecule has 15 atom stereocenters. The maximum atomic E-state index is 10.4. The van der Waals surface area contributed by atoms with Crippen LogP contribution in [0.15, 0.2) is 0 Å². The van der Waals surface area contributed by atoms with Crippen molar-refractivity contribution in [1.29, 1.82) is 0 Å². The Kier molecular flexibility index (Phi) is 9.57. The summed E-state index contributed by atoms with van der Waals surface area (Å²) in [6, 6.07) is -1.05. The molecule has 3 heterocycles. The second-order valence-electron chi connectivity index (χ2n) is 8.64. The SMILES string of the molecule is CNC1C(O[C@@H]2OC(C)[C@@H](O)C(O)C2O)[C@H](O[C@@H]2OC(CO)[C@H](O)C(O)C2O)C(CO)O[C@H]1O. The number of aliphatic hydroxyl groups excluding tert-OH is 9. The van der Waals surface area contributed by atoms with E-state index < -0.39 is 105 Å². The molecule has 0 saturated carbocycles. The first-order valence-electron chi connectivity index (χ1n) is 11.0. The summed E-state index contributed by atoms with van der Waals surface area (Å²) in [5.41, 5.74) is 0. The van der Waals surface area contributed by atoms with E-state index >= 15 is 0 Å². The summed E-state index contributed by atoms with van der Waals surface area (Å²) in [4.78, 5) is 0. The van der Waals surface area contributed by atoms with Gasteiger partial charge in [-0.15, -0.1) is 0 Å². The largest absolute Gasteiger partial charge is 0.394 e. The van der Waals surface area contributed by atoms with Gasteiger partial charge in [0.15, 0.2) is 18.9 Å². The summed E-state index contributed by atoms with van der Waals surface area (Å²) in [7, 11) is 1.46. The quantitative estimate of drug-likeness (QED) is 0.156. The molecule has 0 spiro atoms. The lowest BCUT2D eigenvalue weighted by molar-refractivity contribution is -0.370. The van der Waals surface area contributed by atoms with Crippen molar-refractivity contribution >= 4 is 0 Å². The molecule has 3 aliphatic rings. The molecule has 0 bridgehead atoms. The summed E-state index contributed by atoms with van der Waals surface area (Å²) in [5.74, 6) is 0. The van der Waals surface area contributed by atoms with Crippen molar-refractivity contribution in [2.75, 3.05) is 20.3 Å². The topological polar surface area (TPSA) is 240 Å². The monoisotopic (exact) mass is 501 g/mol. The normalized spacial score (nSPS) is 52.5. The lowest BCUT2D eigenvalue weighted by Crippen LogP contribution is -2.68. The van der Waals surface area contributed by atoms with E-state index in [-0.39, 0.29) is 0 Å². The highest BCUT2D eigenvalue weighted by molar-refractivity contribution is 4.98. The number of aliphatic hydroxyl groups is 9.